The van der Waals surface area contributed by atoms with Gasteiger partial charge in [0.15, 0.2) is 5.78 Å². The minimum atomic E-state index is -0.404. The fraction of sp³-hybridized carbons (Fsp3) is 0.529. The maximum Gasteiger partial charge on any atom is 0.231 e. The normalized spacial score (nSPS) is 11.4. The van der Waals surface area contributed by atoms with Crippen LogP contribution in [0.3, 0.4) is 0 Å². The van der Waals surface area contributed by atoms with Gasteiger partial charge in [-0.25, -0.2) is 0 Å². The van der Waals surface area contributed by atoms with Crippen LogP contribution in [0.5, 0.6) is 0 Å². The largest absolute Gasteiger partial charge is 0.369 e. The first-order chi connectivity index (χ1) is 9.79. The number of hydrogen-bond acceptors (Lipinski definition) is 3. The van der Waals surface area contributed by atoms with Crippen LogP contribution in [0.2, 0.25) is 0 Å². The van der Waals surface area contributed by atoms with Gasteiger partial charge < -0.3 is 5.73 Å². The highest BCUT2D eigenvalue weighted by Crippen LogP contribution is 2.15. The summed E-state index contributed by atoms with van der Waals surface area (Å²) in [7, 11) is 0. The Labute approximate surface area is 127 Å². The topological polar surface area (TPSA) is 63.4 Å². The quantitative estimate of drug-likeness (QED) is 0.748. The molecule has 0 heterocycles. The molecule has 0 fully saturated rings. The number of hydrogen-bond donors (Lipinski definition) is 1. The minimum absolute atomic E-state index is 0.0206. The van der Waals surface area contributed by atoms with Crippen LogP contribution in [-0.4, -0.2) is 36.2 Å². The Kier molecular flexibility index (Phi) is 6.56. The molecule has 0 aliphatic carbocycles. The fourth-order valence-electron chi connectivity index (χ4n) is 2.27. The summed E-state index contributed by atoms with van der Waals surface area (Å²) in [6, 6.07) is 7.68. The van der Waals surface area contributed by atoms with Crippen molar-refractivity contribution in [1.82, 2.24) is 4.90 Å². The molecule has 1 amide bonds. The lowest BCUT2D eigenvalue weighted by molar-refractivity contribution is -0.119. The van der Waals surface area contributed by atoms with Gasteiger partial charge in [0.25, 0.3) is 0 Å². The van der Waals surface area contributed by atoms with Gasteiger partial charge in [-0.1, -0.05) is 52.0 Å². The Morgan fingerprint density at radius 3 is 2.05 bits per heavy atom. The van der Waals surface area contributed by atoms with Gasteiger partial charge in [0.05, 0.1) is 13.1 Å². The summed E-state index contributed by atoms with van der Waals surface area (Å²) in [6.07, 6.45) is 0. The minimum Gasteiger partial charge on any atom is -0.369 e. The van der Waals surface area contributed by atoms with Gasteiger partial charge in [-0.05, 0) is 17.4 Å². The summed E-state index contributed by atoms with van der Waals surface area (Å²) in [5, 5.41) is 0. The van der Waals surface area contributed by atoms with Crippen LogP contribution in [-0.2, 0) is 4.79 Å². The first-order valence-electron chi connectivity index (χ1n) is 7.43. The maximum atomic E-state index is 12.3. The molecule has 0 saturated heterocycles. The van der Waals surface area contributed by atoms with Crippen LogP contribution in [0.1, 0.15) is 49.5 Å². The van der Waals surface area contributed by atoms with Crippen LogP contribution in [0, 0.1) is 5.92 Å². The molecule has 0 aliphatic heterocycles. The lowest BCUT2D eigenvalue weighted by atomic mass is 10.0. The predicted molar refractivity (Wildman–Crippen MR) is 85.3 cm³/mol. The lowest BCUT2D eigenvalue weighted by Gasteiger charge is -2.22. The van der Waals surface area contributed by atoms with Gasteiger partial charge >= 0.3 is 0 Å². The number of nitrogens with zero attached hydrogens (tertiary/aromatic N) is 1. The molecule has 4 nitrogen and oxygen atoms in total. The van der Waals surface area contributed by atoms with Crippen molar-refractivity contribution in [1.29, 1.82) is 0 Å². The molecule has 0 aliphatic rings. The molecular weight excluding hydrogens is 264 g/mol. The second kappa shape index (κ2) is 7.93. The van der Waals surface area contributed by atoms with E-state index >= 15 is 0 Å². The Hall–Kier alpha value is -1.68. The third-order valence-electron chi connectivity index (χ3n) is 3.27. The van der Waals surface area contributed by atoms with Crippen LogP contribution in [0.4, 0.5) is 0 Å². The number of rotatable bonds is 8. The summed E-state index contributed by atoms with van der Waals surface area (Å²) >= 11 is 0. The van der Waals surface area contributed by atoms with Crippen LogP contribution >= 0.6 is 0 Å². The number of carbonyl (C=O) groups excluding carboxylic acids is 2. The summed E-state index contributed by atoms with van der Waals surface area (Å²) < 4.78 is 0. The highest BCUT2D eigenvalue weighted by atomic mass is 16.1. The number of benzene rings is 1. The summed E-state index contributed by atoms with van der Waals surface area (Å²) in [4.78, 5) is 25.2. The van der Waals surface area contributed by atoms with Gasteiger partial charge in [0, 0.05) is 12.1 Å². The maximum absolute atomic E-state index is 12.3. The van der Waals surface area contributed by atoms with E-state index in [9.17, 15) is 9.59 Å². The molecule has 0 spiro atoms. The van der Waals surface area contributed by atoms with Crippen LogP contribution < -0.4 is 5.73 Å². The average Bonchev–Trinajstić information content (AvgIpc) is 2.37. The van der Waals surface area contributed by atoms with Crippen molar-refractivity contribution in [2.45, 2.75) is 33.6 Å². The Morgan fingerprint density at radius 2 is 1.62 bits per heavy atom. The van der Waals surface area contributed by atoms with Gasteiger partial charge in [-0.15, -0.1) is 0 Å². The molecule has 21 heavy (non-hydrogen) atoms. The third kappa shape index (κ3) is 6.08. The van der Waals surface area contributed by atoms with E-state index in [-0.39, 0.29) is 18.9 Å². The second-order valence-electron chi connectivity index (χ2n) is 6.23. The summed E-state index contributed by atoms with van der Waals surface area (Å²) in [5.41, 5.74) is 7.13. The number of ketones is 1. The molecule has 0 unspecified atom stereocenters. The predicted octanol–water partition coefficient (Wildman–Crippen LogP) is 2.44. The van der Waals surface area contributed by atoms with Gasteiger partial charge in [-0.3, -0.25) is 14.5 Å². The summed E-state index contributed by atoms with van der Waals surface area (Å²) in [5.74, 6) is 0.438. The molecule has 1 rings (SSSR count). The third-order valence-corrected chi connectivity index (χ3v) is 3.27. The van der Waals surface area contributed by atoms with E-state index in [1.165, 1.54) is 5.56 Å². The van der Waals surface area contributed by atoms with Crippen molar-refractivity contribution < 1.29 is 9.59 Å². The van der Waals surface area contributed by atoms with Crippen molar-refractivity contribution >= 4 is 11.7 Å². The molecule has 0 bridgehead atoms. The lowest BCUT2D eigenvalue weighted by Crippen LogP contribution is -2.39. The van der Waals surface area contributed by atoms with Gasteiger partial charge in [-0.2, -0.15) is 0 Å². The van der Waals surface area contributed by atoms with E-state index < -0.39 is 5.91 Å². The van der Waals surface area contributed by atoms with E-state index in [0.29, 0.717) is 23.9 Å². The molecule has 2 N–H and O–H groups in total. The number of Topliss-reactive ketones (excluding diaryl/α,β-unsaturated/α-hetero) is 1. The van der Waals surface area contributed by atoms with Crippen LogP contribution in [0.15, 0.2) is 24.3 Å². The van der Waals surface area contributed by atoms with E-state index in [0.717, 1.165) is 0 Å². The van der Waals surface area contributed by atoms with Gasteiger partial charge in [0.1, 0.15) is 0 Å². The molecular formula is C17H26N2O2. The van der Waals surface area contributed by atoms with Gasteiger partial charge in [0.2, 0.25) is 5.91 Å². The molecule has 0 atom stereocenters. The van der Waals surface area contributed by atoms with E-state index in [1.807, 2.05) is 29.2 Å². The first kappa shape index (κ1) is 17.4. The van der Waals surface area contributed by atoms with E-state index in [1.54, 1.807) is 0 Å². The summed E-state index contributed by atoms with van der Waals surface area (Å²) in [6.45, 7) is 9.36. The Balaban J connectivity index is 2.73. The molecule has 0 saturated carbocycles. The SMILES string of the molecule is CC(C)CN(CC(N)=O)CC(=O)c1ccc(C(C)C)cc1. The molecule has 0 aromatic heterocycles. The zero-order valence-electron chi connectivity index (χ0n) is 13.4. The molecule has 1 aromatic carbocycles. The van der Waals surface area contributed by atoms with Crippen molar-refractivity contribution in [2.24, 2.45) is 11.7 Å². The number of amides is 1. The highest BCUT2D eigenvalue weighted by Gasteiger charge is 2.15. The highest BCUT2D eigenvalue weighted by molar-refractivity contribution is 5.97. The van der Waals surface area contributed by atoms with Crippen molar-refractivity contribution in [3.05, 3.63) is 35.4 Å². The zero-order chi connectivity index (χ0) is 16.0. The van der Waals surface area contributed by atoms with E-state index in [4.69, 9.17) is 5.73 Å². The van der Waals surface area contributed by atoms with Crippen molar-refractivity contribution in [3.63, 3.8) is 0 Å². The smallest absolute Gasteiger partial charge is 0.231 e. The monoisotopic (exact) mass is 290 g/mol. The fourth-order valence-corrected chi connectivity index (χ4v) is 2.27. The molecule has 0 radical (unpaired) electrons. The first-order valence-corrected chi connectivity index (χ1v) is 7.43. The van der Waals surface area contributed by atoms with Crippen molar-refractivity contribution in [3.8, 4) is 0 Å². The van der Waals surface area contributed by atoms with Crippen LogP contribution in [0.25, 0.3) is 0 Å². The average molecular weight is 290 g/mol. The Morgan fingerprint density at radius 1 is 1.05 bits per heavy atom. The Bertz CT molecular complexity index is 478. The molecule has 116 valence electrons. The van der Waals surface area contributed by atoms with Crippen molar-refractivity contribution in [2.75, 3.05) is 19.6 Å². The number of nitrogens with two attached hydrogens (primary N) is 1. The number of primary amides is 1. The standard InChI is InChI=1S/C17H26N2O2/c1-12(2)9-19(11-17(18)21)10-16(20)15-7-5-14(6-8-15)13(3)4/h5-8,12-13H,9-11H2,1-4H3,(H2,18,21). The van der Waals surface area contributed by atoms with E-state index in [2.05, 4.69) is 27.7 Å². The molecule has 4 heteroatoms. The number of carbonyl (C=O) groups is 2. The zero-order valence-corrected chi connectivity index (χ0v) is 13.4. The molecule has 1 aromatic rings. The second-order valence-corrected chi connectivity index (χ2v) is 6.23.